The summed E-state index contributed by atoms with van der Waals surface area (Å²) in [6.07, 6.45) is 0.464. The second-order valence-electron chi connectivity index (χ2n) is 4.08. The summed E-state index contributed by atoms with van der Waals surface area (Å²) < 4.78 is 26.3. The lowest BCUT2D eigenvalue weighted by Crippen LogP contribution is -2.41. The number of rotatable bonds is 7. The normalized spacial score (nSPS) is 13.1. The van der Waals surface area contributed by atoms with E-state index in [0.717, 1.165) is 0 Å². The molecule has 0 saturated heterocycles. The van der Waals surface area contributed by atoms with Gasteiger partial charge in [-0.1, -0.05) is 13.8 Å². The summed E-state index contributed by atoms with van der Waals surface area (Å²) in [5, 5.41) is 8.63. The van der Waals surface area contributed by atoms with Gasteiger partial charge in [0.25, 0.3) is 10.2 Å². The summed E-state index contributed by atoms with van der Waals surface area (Å²) in [5.74, 6) is 0.302. The average Bonchev–Trinajstić information content (AvgIpc) is 2.12. The molecular weight excluding hydrogens is 216 g/mol. The second-order valence-corrected chi connectivity index (χ2v) is 6.22. The van der Waals surface area contributed by atoms with Crippen LogP contribution in [-0.4, -0.2) is 55.9 Å². The van der Waals surface area contributed by atoms with Crippen LogP contribution in [0.4, 0.5) is 0 Å². The Labute approximate surface area is 92.9 Å². The summed E-state index contributed by atoms with van der Waals surface area (Å²) in [6, 6.07) is 0. The molecule has 0 radical (unpaired) electrons. The van der Waals surface area contributed by atoms with Crippen LogP contribution in [-0.2, 0) is 10.2 Å². The van der Waals surface area contributed by atoms with Crippen LogP contribution in [0.1, 0.15) is 20.3 Å². The average molecular weight is 238 g/mol. The first kappa shape index (κ1) is 14.8. The molecule has 0 bridgehead atoms. The van der Waals surface area contributed by atoms with Gasteiger partial charge in [0.05, 0.1) is 0 Å². The molecule has 0 atom stereocenters. The Balaban J connectivity index is 4.38. The zero-order chi connectivity index (χ0) is 12.1. The molecule has 0 saturated carbocycles. The predicted molar refractivity (Wildman–Crippen MR) is 60.7 cm³/mol. The molecule has 0 aromatic carbocycles. The molecule has 6 heteroatoms. The highest BCUT2D eigenvalue weighted by Crippen LogP contribution is 2.07. The van der Waals surface area contributed by atoms with Crippen molar-refractivity contribution in [3.63, 3.8) is 0 Å². The molecule has 0 spiro atoms. The van der Waals surface area contributed by atoms with Crippen molar-refractivity contribution >= 4 is 10.2 Å². The van der Waals surface area contributed by atoms with E-state index in [4.69, 9.17) is 5.11 Å². The molecule has 0 rings (SSSR count). The lowest BCUT2D eigenvalue weighted by Gasteiger charge is -2.25. The third-order valence-electron chi connectivity index (χ3n) is 2.04. The van der Waals surface area contributed by atoms with Crippen molar-refractivity contribution in [1.82, 2.24) is 8.61 Å². The van der Waals surface area contributed by atoms with Crippen LogP contribution in [0.2, 0.25) is 0 Å². The van der Waals surface area contributed by atoms with Crippen LogP contribution in [0.3, 0.4) is 0 Å². The van der Waals surface area contributed by atoms with E-state index in [1.54, 1.807) is 7.05 Å². The van der Waals surface area contributed by atoms with Crippen molar-refractivity contribution in [2.45, 2.75) is 20.3 Å². The predicted octanol–water partition coefficient (Wildman–Crippen LogP) is 0.133. The molecule has 0 unspecified atom stereocenters. The summed E-state index contributed by atoms with van der Waals surface area (Å²) in [6.45, 7) is 4.81. The number of hydrogen-bond acceptors (Lipinski definition) is 3. The fraction of sp³-hybridized carbons (Fsp3) is 1.00. The number of aliphatic hydroxyl groups is 1. The van der Waals surface area contributed by atoms with Crippen molar-refractivity contribution in [2.75, 3.05) is 33.8 Å². The minimum absolute atomic E-state index is 0.00769. The van der Waals surface area contributed by atoms with E-state index in [9.17, 15) is 8.42 Å². The standard InChI is InChI=1S/C9H22N2O3S/c1-9(2)8-11(4)15(13,14)10(3)6-5-7-12/h9,12H,5-8H2,1-4H3. The van der Waals surface area contributed by atoms with Gasteiger partial charge in [0, 0.05) is 33.8 Å². The molecule has 0 heterocycles. The van der Waals surface area contributed by atoms with Gasteiger partial charge in [0.15, 0.2) is 0 Å². The van der Waals surface area contributed by atoms with E-state index in [2.05, 4.69) is 0 Å². The maximum absolute atomic E-state index is 11.8. The SMILES string of the molecule is CC(C)CN(C)S(=O)(=O)N(C)CCCO. The van der Waals surface area contributed by atoms with E-state index >= 15 is 0 Å². The third kappa shape index (κ3) is 4.92. The highest BCUT2D eigenvalue weighted by molar-refractivity contribution is 7.86. The largest absolute Gasteiger partial charge is 0.396 e. The van der Waals surface area contributed by atoms with Crippen molar-refractivity contribution in [3.05, 3.63) is 0 Å². The molecule has 0 aliphatic carbocycles. The van der Waals surface area contributed by atoms with Gasteiger partial charge >= 0.3 is 0 Å². The zero-order valence-corrected chi connectivity index (χ0v) is 10.8. The quantitative estimate of drug-likeness (QED) is 0.686. The molecule has 0 aromatic rings. The van der Waals surface area contributed by atoms with Gasteiger partial charge in [0.2, 0.25) is 0 Å². The minimum Gasteiger partial charge on any atom is -0.396 e. The Kier molecular flexibility index (Phi) is 6.35. The van der Waals surface area contributed by atoms with Gasteiger partial charge in [-0.05, 0) is 12.3 Å². The molecule has 0 aromatic heterocycles. The van der Waals surface area contributed by atoms with Crippen LogP contribution in [0, 0.1) is 5.92 Å². The Hall–Kier alpha value is -0.170. The van der Waals surface area contributed by atoms with E-state index in [1.807, 2.05) is 13.8 Å². The number of aliphatic hydroxyl groups excluding tert-OH is 1. The molecule has 5 nitrogen and oxygen atoms in total. The van der Waals surface area contributed by atoms with Crippen LogP contribution < -0.4 is 0 Å². The first-order valence-corrected chi connectivity index (χ1v) is 6.50. The molecule has 0 fully saturated rings. The van der Waals surface area contributed by atoms with E-state index in [0.29, 0.717) is 25.4 Å². The fourth-order valence-electron chi connectivity index (χ4n) is 1.26. The van der Waals surface area contributed by atoms with Gasteiger partial charge in [-0.2, -0.15) is 17.0 Å². The first-order chi connectivity index (χ1) is 6.82. The topological polar surface area (TPSA) is 60.9 Å². The minimum atomic E-state index is -3.35. The Morgan fingerprint density at radius 2 is 1.73 bits per heavy atom. The summed E-state index contributed by atoms with van der Waals surface area (Å²) >= 11 is 0. The zero-order valence-electron chi connectivity index (χ0n) is 9.97. The lowest BCUT2D eigenvalue weighted by atomic mass is 10.2. The lowest BCUT2D eigenvalue weighted by molar-refractivity contribution is 0.271. The molecule has 1 N–H and O–H groups in total. The van der Waals surface area contributed by atoms with Crippen LogP contribution in [0.25, 0.3) is 0 Å². The number of nitrogens with zero attached hydrogens (tertiary/aromatic N) is 2. The van der Waals surface area contributed by atoms with Crippen molar-refractivity contribution in [1.29, 1.82) is 0 Å². The second kappa shape index (κ2) is 6.42. The third-order valence-corrected chi connectivity index (χ3v) is 3.95. The van der Waals surface area contributed by atoms with Crippen molar-refractivity contribution < 1.29 is 13.5 Å². The van der Waals surface area contributed by atoms with Gasteiger partial charge in [0.1, 0.15) is 0 Å². The Morgan fingerprint density at radius 3 is 2.13 bits per heavy atom. The first-order valence-electron chi connectivity index (χ1n) is 5.10. The van der Waals surface area contributed by atoms with Crippen LogP contribution in [0.5, 0.6) is 0 Å². The van der Waals surface area contributed by atoms with E-state index < -0.39 is 10.2 Å². The highest BCUT2D eigenvalue weighted by atomic mass is 32.2. The molecule has 92 valence electrons. The van der Waals surface area contributed by atoms with Crippen LogP contribution in [0.15, 0.2) is 0 Å². The monoisotopic (exact) mass is 238 g/mol. The van der Waals surface area contributed by atoms with Gasteiger partial charge in [-0.25, -0.2) is 0 Å². The fourth-order valence-corrected chi connectivity index (χ4v) is 2.58. The Morgan fingerprint density at radius 1 is 1.20 bits per heavy atom. The van der Waals surface area contributed by atoms with Gasteiger partial charge in [-0.3, -0.25) is 0 Å². The number of hydrogen-bond donors (Lipinski definition) is 1. The summed E-state index contributed by atoms with van der Waals surface area (Å²) in [5.41, 5.74) is 0. The maximum atomic E-state index is 11.8. The van der Waals surface area contributed by atoms with Crippen molar-refractivity contribution in [2.24, 2.45) is 5.92 Å². The van der Waals surface area contributed by atoms with E-state index in [1.165, 1.54) is 15.7 Å². The van der Waals surface area contributed by atoms with Crippen molar-refractivity contribution in [3.8, 4) is 0 Å². The molecule has 15 heavy (non-hydrogen) atoms. The van der Waals surface area contributed by atoms with Crippen LogP contribution >= 0.6 is 0 Å². The maximum Gasteiger partial charge on any atom is 0.281 e. The summed E-state index contributed by atoms with van der Waals surface area (Å²) in [4.78, 5) is 0. The highest BCUT2D eigenvalue weighted by Gasteiger charge is 2.23. The summed E-state index contributed by atoms with van der Waals surface area (Å²) in [7, 11) is -0.247. The Bertz CT molecular complexity index is 265. The van der Waals surface area contributed by atoms with E-state index in [-0.39, 0.29) is 6.61 Å². The molecular formula is C9H22N2O3S. The smallest absolute Gasteiger partial charge is 0.281 e. The van der Waals surface area contributed by atoms with Gasteiger partial charge < -0.3 is 5.11 Å². The van der Waals surface area contributed by atoms with Gasteiger partial charge in [-0.15, -0.1) is 0 Å². The molecule has 0 aliphatic heterocycles. The molecule has 0 amide bonds. The molecule has 0 aliphatic rings.